The Balaban J connectivity index is 2.51. The second-order valence-electron chi connectivity index (χ2n) is 5.97. The molecule has 0 aromatic rings. The van der Waals surface area contributed by atoms with Crippen molar-refractivity contribution in [1.29, 1.82) is 0 Å². The van der Waals surface area contributed by atoms with Crippen LogP contribution in [-0.2, 0) is 4.43 Å². The van der Waals surface area contributed by atoms with Gasteiger partial charge in [-0.1, -0.05) is 20.8 Å². The third kappa shape index (κ3) is 2.81. The van der Waals surface area contributed by atoms with Crippen molar-refractivity contribution in [2.75, 3.05) is 0 Å². The summed E-state index contributed by atoms with van der Waals surface area (Å²) in [6.45, 7) is 11.3. The summed E-state index contributed by atoms with van der Waals surface area (Å²) in [7, 11) is -1.61. The molecule has 1 unspecified atom stereocenters. The predicted molar refractivity (Wildman–Crippen MR) is 61.9 cm³/mol. The molecule has 3 heteroatoms. The Morgan fingerprint density at radius 3 is 2.14 bits per heavy atom. The number of aliphatic hydroxyl groups excluding tert-OH is 1. The summed E-state index contributed by atoms with van der Waals surface area (Å²) >= 11 is 0. The lowest BCUT2D eigenvalue weighted by Crippen LogP contribution is -2.43. The molecule has 0 heterocycles. The zero-order valence-electron chi connectivity index (χ0n) is 10.1. The number of hydrogen-bond acceptors (Lipinski definition) is 2. The predicted octanol–water partition coefficient (Wildman–Crippen LogP) is 2.92. The monoisotopic (exact) mass is 216 g/mol. The van der Waals surface area contributed by atoms with Crippen LogP contribution in [0.25, 0.3) is 0 Å². The minimum absolute atomic E-state index is 0.121. The molecule has 1 N–H and O–H groups in total. The second-order valence-corrected chi connectivity index (χ2v) is 10.7. The van der Waals surface area contributed by atoms with Crippen molar-refractivity contribution in [3.05, 3.63) is 0 Å². The van der Waals surface area contributed by atoms with Crippen molar-refractivity contribution in [2.24, 2.45) is 0 Å². The van der Waals surface area contributed by atoms with E-state index < -0.39 is 8.32 Å². The molecule has 0 aliphatic heterocycles. The molecule has 1 saturated carbocycles. The molecule has 0 amide bonds. The molecule has 2 atom stereocenters. The smallest absolute Gasteiger partial charge is 0.192 e. The van der Waals surface area contributed by atoms with Gasteiger partial charge >= 0.3 is 0 Å². The maximum Gasteiger partial charge on any atom is 0.192 e. The molecule has 0 aromatic heterocycles. The van der Waals surface area contributed by atoms with E-state index in [9.17, 15) is 5.11 Å². The van der Waals surface area contributed by atoms with Gasteiger partial charge in [0.25, 0.3) is 0 Å². The van der Waals surface area contributed by atoms with Crippen molar-refractivity contribution in [2.45, 2.75) is 70.4 Å². The molecule has 1 aliphatic rings. The van der Waals surface area contributed by atoms with Gasteiger partial charge in [0.1, 0.15) is 0 Å². The quantitative estimate of drug-likeness (QED) is 0.719. The standard InChI is InChI=1S/C11H24O2Si/c1-11(2,3)14(4,5)13-10-7-6-9(12)8-10/h9-10,12H,6-8H2,1-5H3/t9-,10?/m1/s1. The Morgan fingerprint density at radius 1 is 1.21 bits per heavy atom. The molecule has 1 fully saturated rings. The normalized spacial score (nSPS) is 29.6. The summed E-state index contributed by atoms with van der Waals surface area (Å²) in [6, 6.07) is 0. The van der Waals surface area contributed by atoms with Gasteiger partial charge in [0.2, 0.25) is 0 Å². The van der Waals surface area contributed by atoms with Gasteiger partial charge in [0.05, 0.1) is 6.10 Å². The van der Waals surface area contributed by atoms with E-state index in [1.54, 1.807) is 0 Å². The van der Waals surface area contributed by atoms with Gasteiger partial charge in [-0.05, 0) is 37.4 Å². The summed E-state index contributed by atoms with van der Waals surface area (Å²) in [4.78, 5) is 0. The van der Waals surface area contributed by atoms with Crippen LogP contribution in [0.2, 0.25) is 18.1 Å². The molecular weight excluding hydrogens is 192 g/mol. The highest BCUT2D eigenvalue weighted by Gasteiger charge is 2.40. The summed E-state index contributed by atoms with van der Waals surface area (Å²) in [5.41, 5.74) is 0. The van der Waals surface area contributed by atoms with Crippen molar-refractivity contribution in [1.82, 2.24) is 0 Å². The van der Waals surface area contributed by atoms with Gasteiger partial charge in [-0.2, -0.15) is 0 Å². The van der Waals surface area contributed by atoms with Crippen molar-refractivity contribution >= 4 is 8.32 Å². The molecule has 14 heavy (non-hydrogen) atoms. The number of hydrogen-bond donors (Lipinski definition) is 1. The Kier molecular flexibility index (Phi) is 3.44. The molecule has 1 aliphatic carbocycles. The maximum atomic E-state index is 9.43. The maximum absolute atomic E-state index is 9.43. The average Bonchev–Trinajstić information content (AvgIpc) is 2.31. The van der Waals surface area contributed by atoms with E-state index in [1.807, 2.05) is 0 Å². The Bertz CT molecular complexity index is 196. The van der Waals surface area contributed by atoms with Crippen LogP contribution >= 0.6 is 0 Å². The molecule has 1 rings (SSSR count). The molecule has 84 valence electrons. The van der Waals surface area contributed by atoms with Crippen LogP contribution in [0.5, 0.6) is 0 Å². The highest BCUT2D eigenvalue weighted by Crippen LogP contribution is 2.39. The van der Waals surface area contributed by atoms with Gasteiger partial charge in [-0.15, -0.1) is 0 Å². The third-order valence-corrected chi connectivity index (χ3v) is 8.16. The van der Waals surface area contributed by atoms with Gasteiger partial charge in [0.15, 0.2) is 8.32 Å². The van der Waals surface area contributed by atoms with E-state index >= 15 is 0 Å². The molecule has 0 aromatic carbocycles. The van der Waals surface area contributed by atoms with Crippen molar-refractivity contribution in [3.63, 3.8) is 0 Å². The molecular formula is C11H24O2Si. The van der Waals surface area contributed by atoms with Gasteiger partial charge < -0.3 is 9.53 Å². The average molecular weight is 216 g/mol. The molecule has 0 bridgehead atoms. The number of aliphatic hydroxyl groups is 1. The first-order valence-corrected chi connectivity index (χ1v) is 8.49. The number of rotatable bonds is 2. The van der Waals surface area contributed by atoms with Crippen LogP contribution in [0.3, 0.4) is 0 Å². The van der Waals surface area contributed by atoms with Crippen LogP contribution < -0.4 is 0 Å². The summed E-state index contributed by atoms with van der Waals surface area (Å²) < 4.78 is 6.21. The first kappa shape index (κ1) is 12.2. The lowest BCUT2D eigenvalue weighted by molar-refractivity contribution is 0.141. The zero-order chi connectivity index (χ0) is 11.0. The Labute approximate surface area is 88.8 Å². The fraction of sp³-hybridized carbons (Fsp3) is 1.00. The summed E-state index contributed by atoms with van der Waals surface area (Å²) in [6.07, 6.45) is 2.98. The highest BCUT2D eigenvalue weighted by molar-refractivity contribution is 6.74. The van der Waals surface area contributed by atoms with Crippen LogP contribution in [0.1, 0.15) is 40.0 Å². The van der Waals surface area contributed by atoms with Gasteiger partial charge in [-0.3, -0.25) is 0 Å². The van der Waals surface area contributed by atoms with Crippen LogP contribution in [0.4, 0.5) is 0 Å². The molecule has 0 radical (unpaired) electrons. The first-order chi connectivity index (χ1) is 6.22. The summed E-state index contributed by atoms with van der Waals surface area (Å²) in [5.74, 6) is 0. The summed E-state index contributed by atoms with van der Waals surface area (Å²) in [5, 5.41) is 9.71. The van der Waals surface area contributed by atoms with Gasteiger partial charge in [0, 0.05) is 6.10 Å². The van der Waals surface area contributed by atoms with E-state index in [-0.39, 0.29) is 11.1 Å². The lowest BCUT2D eigenvalue weighted by atomic mass is 10.2. The van der Waals surface area contributed by atoms with Crippen LogP contribution in [-0.4, -0.2) is 25.6 Å². The highest BCUT2D eigenvalue weighted by atomic mass is 28.4. The Morgan fingerprint density at radius 2 is 1.79 bits per heavy atom. The van der Waals surface area contributed by atoms with E-state index in [0.717, 1.165) is 19.3 Å². The fourth-order valence-electron chi connectivity index (χ4n) is 1.62. The minimum Gasteiger partial charge on any atom is -0.414 e. The Hall–Kier alpha value is 0.137. The zero-order valence-corrected chi connectivity index (χ0v) is 11.1. The topological polar surface area (TPSA) is 29.5 Å². The molecule has 2 nitrogen and oxygen atoms in total. The van der Waals surface area contributed by atoms with E-state index in [2.05, 4.69) is 33.9 Å². The van der Waals surface area contributed by atoms with Crippen LogP contribution in [0.15, 0.2) is 0 Å². The van der Waals surface area contributed by atoms with E-state index in [0.29, 0.717) is 6.10 Å². The molecule has 0 saturated heterocycles. The van der Waals surface area contributed by atoms with Gasteiger partial charge in [-0.25, -0.2) is 0 Å². The van der Waals surface area contributed by atoms with Crippen LogP contribution in [0, 0.1) is 0 Å². The van der Waals surface area contributed by atoms with Crippen molar-refractivity contribution in [3.8, 4) is 0 Å². The first-order valence-electron chi connectivity index (χ1n) is 5.58. The largest absolute Gasteiger partial charge is 0.414 e. The van der Waals surface area contributed by atoms with E-state index in [1.165, 1.54) is 0 Å². The lowest BCUT2D eigenvalue weighted by Gasteiger charge is -2.38. The van der Waals surface area contributed by atoms with Crippen molar-refractivity contribution < 1.29 is 9.53 Å². The minimum atomic E-state index is -1.61. The second kappa shape index (κ2) is 3.95. The van der Waals surface area contributed by atoms with E-state index in [4.69, 9.17) is 4.43 Å². The fourth-order valence-corrected chi connectivity index (χ4v) is 3.02. The third-order valence-electron chi connectivity index (χ3n) is 3.62. The SMILES string of the molecule is CC(C)(C)[Si](C)(C)OC1CC[C@@H](O)C1. The molecule has 0 spiro atoms.